The van der Waals surface area contributed by atoms with E-state index in [4.69, 9.17) is 14.6 Å². The van der Waals surface area contributed by atoms with E-state index in [0.717, 1.165) is 23.4 Å². The average Bonchev–Trinajstić information content (AvgIpc) is 2.38. The molecule has 2 N–H and O–H groups in total. The zero-order chi connectivity index (χ0) is 12.8. The first-order valence-electron chi connectivity index (χ1n) is 6.04. The fourth-order valence-corrected chi connectivity index (χ4v) is 1.83. The normalized spacial score (nSPS) is 13.9. The highest BCUT2D eigenvalue weighted by molar-refractivity contribution is 5.93. The van der Waals surface area contributed by atoms with Gasteiger partial charge in [0, 0.05) is 12.1 Å². The van der Waals surface area contributed by atoms with Crippen molar-refractivity contribution in [1.29, 1.82) is 0 Å². The van der Waals surface area contributed by atoms with Gasteiger partial charge in [0.1, 0.15) is 12.4 Å². The van der Waals surface area contributed by atoms with Crippen LogP contribution in [0.5, 0.6) is 5.75 Å². The Morgan fingerprint density at radius 1 is 1.22 bits per heavy atom. The van der Waals surface area contributed by atoms with Crippen LogP contribution in [0, 0.1) is 0 Å². The first-order valence-corrected chi connectivity index (χ1v) is 6.04. The molecule has 0 unspecified atom stereocenters. The second kappa shape index (κ2) is 6.37. The van der Waals surface area contributed by atoms with Crippen molar-refractivity contribution < 1.29 is 19.4 Å². The van der Waals surface area contributed by atoms with Crippen molar-refractivity contribution in [3.63, 3.8) is 0 Å². The van der Waals surface area contributed by atoms with Gasteiger partial charge in [-0.25, -0.2) is 0 Å². The minimum Gasteiger partial charge on any atom is -0.491 e. The number of aliphatic hydroxyl groups is 1. The Labute approximate surface area is 106 Å². The number of hydrogen-bond donors (Lipinski definition) is 2. The van der Waals surface area contributed by atoms with Gasteiger partial charge in [0.15, 0.2) is 0 Å². The highest BCUT2D eigenvalue weighted by Gasteiger charge is 2.14. The van der Waals surface area contributed by atoms with Crippen LogP contribution < -0.4 is 10.1 Å². The van der Waals surface area contributed by atoms with E-state index in [9.17, 15) is 4.79 Å². The third kappa shape index (κ3) is 3.45. The van der Waals surface area contributed by atoms with Crippen LogP contribution in [-0.4, -0.2) is 37.4 Å². The van der Waals surface area contributed by atoms with E-state index < -0.39 is 0 Å². The van der Waals surface area contributed by atoms with Gasteiger partial charge in [0.05, 0.1) is 19.8 Å². The summed E-state index contributed by atoms with van der Waals surface area (Å²) < 4.78 is 10.6. The lowest BCUT2D eigenvalue weighted by atomic mass is 10.0. The van der Waals surface area contributed by atoms with Gasteiger partial charge in [0.2, 0.25) is 5.91 Å². The zero-order valence-electron chi connectivity index (χ0n) is 10.1. The molecule has 1 aliphatic rings. The van der Waals surface area contributed by atoms with Crippen LogP contribution >= 0.6 is 0 Å². The van der Waals surface area contributed by atoms with Crippen LogP contribution in [0.25, 0.3) is 0 Å². The molecule has 1 amide bonds. The molecule has 5 nitrogen and oxygen atoms in total. The monoisotopic (exact) mass is 251 g/mol. The summed E-state index contributed by atoms with van der Waals surface area (Å²) >= 11 is 0. The molecule has 0 spiro atoms. The first-order chi connectivity index (χ1) is 8.79. The topological polar surface area (TPSA) is 67.8 Å². The number of fused-ring (bicyclic) bond motifs is 1. The van der Waals surface area contributed by atoms with Crippen LogP contribution in [0.2, 0.25) is 0 Å². The maximum Gasteiger partial charge on any atom is 0.224 e. The average molecular weight is 251 g/mol. The van der Waals surface area contributed by atoms with Crippen molar-refractivity contribution >= 4 is 11.6 Å². The second-order valence-corrected chi connectivity index (χ2v) is 4.05. The van der Waals surface area contributed by atoms with Gasteiger partial charge in [-0.2, -0.15) is 0 Å². The predicted molar refractivity (Wildman–Crippen MR) is 66.8 cm³/mol. The molecule has 5 heteroatoms. The van der Waals surface area contributed by atoms with Gasteiger partial charge in [-0.1, -0.05) is 0 Å². The Bertz CT molecular complexity index is 419. The van der Waals surface area contributed by atoms with Crippen LogP contribution in [-0.2, 0) is 16.0 Å². The summed E-state index contributed by atoms with van der Waals surface area (Å²) in [4.78, 5) is 11.2. The molecule has 1 aliphatic heterocycles. The lowest BCUT2D eigenvalue weighted by Gasteiger charge is -2.17. The number of rotatable bonds is 6. The summed E-state index contributed by atoms with van der Waals surface area (Å²) in [5, 5.41) is 11.4. The molecule has 0 bridgehead atoms. The first kappa shape index (κ1) is 12.9. The smallest absolute Gasteiger partial charge is 0.224 e. The lowest BCUT2D eigenvalue weighted by Crippen LogP contribution is -2.19. The number of benzene rings is 1. The zero-order valence-corrected chi connectivity index (χ0v) is 10.1. The van der Waals surface area contributed by atoms with Crippen LogP contribution in [0.1, 0.15) is 12.0 Å². The number of nitrogens with one attached hydrogen (secondary N) is 1. The SMILES string of the molecule is O=C1CCc2cc(OCCOCCO)ccc2N1. The Morgan fingerprint density at radius 2 is 2.11 bits per heavy atom. The minimum absolute atomic E-state index is 0.0263. The molecular formula is C13H17NO4. The number of ether oxygens (including phenoxy) is 2. The van der Waals surface area contributed by atoms with Gasteiger partial charge >= 0.3 is 0 Å². The number of anilines is 1. The van der Waals surface area contributed by atoms with Crippen molar-refractivity contribution in [1.82, 2.24) is 0 Å². The number of hydrogen-bond acceptors (Lipinski definition) is 4. The van der Waals surface area contributed by atoms with Crippen LogP contribution in [0.4, 0.5) is 5.69 Å². The number of aryl methyl sites for hydroxylation is 1. The fourth-order valence-electron chi connectivity index (χ4n) is 1.83. The third-order valence-corrected chi connectivity index (χ3v) is 2.70. The molecule has 1 aromatic rings. The molecule has 1 aromatic carbocycles. The highest BCUT2D eigenvalue weighted by atomic mass is 16.5. The molecule has 0 atom stereocenters. The molecular weight excluding hydrogens is 234 g/mol. The Morgan fingerprint density at radius 3 is 2.94 bits per heavy atom. The van der Waals surface area contributed by atoms with Gasteiger partial charge in [0.25, 0.3) is 0 Å². The number of carbonyl (C=O) groups is 1. The van der Waals surface area contributed by atoms with E-state index in [-0.39, 0.29) is 12.5 Å². The van der Waals surface area contributed by atoms with E-state index >= 15 is 0 Å². The quantitative estimate of drug-likeness (QED) is 0.739. The van der Waals surface area contributed by atoms with E-state index in [1.807, 2.05) is 18.2 Å². The molecule has 1 heterocycles. The highest BCUT2D eigenvalue weighted by Crippen LogP contribution is 2.26. The Balaban J connectivity index is 1.85. The summed E-state index contributed by atoms with van der Waals surface area (Å²) in [5.41, 5.74) is 1.97. The predicted octanol–water partition coefficient (Wildman–Crippen LogP) is 0.959. The molecule has 0 radical (unpaired) electrons. The molecule has 0 saturated carbocycles. The van der Waals surface area contributed by atoms with E-state index in [1.54, 1.807) is 0 Å². The van der Waals surface area contributed by atoms with Crippen molar-refractivity contribution in [3.8, 4) is 5.75 Å². The third-order valence-electron chi connectivity index (χ3n) is 2.70. The Hall–Kier alpha value is -1.59. The van der Waals surface area contributed by atoms with E-state index in [0.29, 0.717) is 26.2 Å². The molecule has 98 valence electrons. The van der Waals surface area contributed by atoms with Crippen LogP contribution in [0.3, 0.4) is 0 Å². The summed E-state index contributed by atoms with van der Waals surface area (Å²) in [7, 11) is 0. The number of aliphatic hydroxyl groups excluding tert-OH is 1. The fraction of sp³-hybridized carbons (Fsp3) is 0.462. The van der Waals surface area contributed by atoms with Crippen LogP contribution in [0.15, 0.2) is 18.2 Å². The Kier molecular flexibility index (Phi) is 4.55. The summed E-state index contributed by atoms with van der Waals surface area (Å²) in [6.45, 7) is 1.26. The maximum absolute atomic E-state index is 11.2. The summed E-state index contributed by atoms with van der Waals surface area (Å²) in [6, 6.07) is 5.63. The van der Waals surface area contributed by atoms with Crippen molar-refractivity contribution in [3.05, 3.63) is 23.8 Å². The molecule has 18 heavy (non-hydrogen) atoms. The van der Waals surface area contributed by atoms with Crippen molar-refractivity contribution in [2.24, 2.45) is 0 Å². The van der Waals surface area contributed by atoms with Gasteiger partial charge in [-0.3, -0.25) is 4.79 Å². The van der Waals surface area contributed by atoms with Gasteiger partial charge in [-0.15, -0.1) is 0 Å². The summed E-state index contributed by atoms with van der Waals surface area (Å²) in [5.74, 6) is 0.839. The lowest BCUT2D eigenvalue weighted by molar-refractivity contribution is -0.116. The molecule has 2 rings (SSSR count). The molecule has 0 saturated heterocycles. The second-order valence-electron chi connectivity index (χ2n) is 4.05. The maximum atomic E-state index is 11.2. The standard InChI is InChI=1S/C13H17NO4/c15-5-6-17-7-8-18-11-2-3-12-10(9-11)1-4-13(16)14-12/h2-3,9,15H,1,4-8H2,(H,14,16). The van der Waals surface area contributed by atoms with Crippen molar-refractivity contribution in [2.45, 2.75) is 12.8 Å². The largest absolute Gasteiger partial charge is 0.491 e. The van der Waals surface area contributed by atoms with Gasteiger partial charge in [-0.05, 0) is 30.2 Å². The summed E-state index contributed by atoms with van der Waals surface area (Å²) in [6.07, 6.45) is 1.27. The number of carbonyl (C=O) groups excluding carboxylic acids is 1. The molecule has 0 aromatic heterocycles. The van der Waals surface area contributed by atoms with E-state index in [2.05, 4.69) is 5.32 Å². The number of amides is 1. The minimum atomic E-state index is 0.0263. The van der Waals surface area contributed by atoms with Crippen molar-refractivity contribution in [2.75, 3.05) is 31.7 Å². The molecule has 0 fully saturated rings. The molecule has 0 aliphatic carbocycles. The van der Waals surface area contributed by atoms with E-state index in [1.165, 1.54) is 0 Å². The van der Waals surface area contributed by atoms with Gasteiger partial charge < -0.3 is 19.9 Å².